The van der Waals surface area contributed by atoms with Crippen LogP contribution in [0.4, 0.5) is 0 Å². The number of hydrogen-bond donors (Lipinski definition) is 0. The molecule has 0 fully saturated rings. The van der Waals surface area contributed by atoms with Crippen LogP contribution in [0.2, 0.25) is 10.1 Å². The van der Waals surface area contributed by atoms with Crippen molar-refractivity contribution < 1.29 is 13.6 Å². The van der Waals surface area contributed by atoms with E-state index in [1.807, 2.05) is 6.08 Å². The van der Waals surface area contributed by atoms with E-state index in [-0.39, 0.29) is 22.3 Å². The van der Waals surface area contributed by atoms with E-state index in [2.05, 4.69) is 176 Å². The summed E-state index contributed by atoms with van der Waals surface area (Å²) in [5, 5.41) is 4.72. The largest absolute Gasteiger partial charge is 0.405 e. The quantitative estimate of drug-likeness (QED) is 0.0380. The lowest BCUT2D eigenvalue weighted by Gasteiger charge is -2.47. The first-order valence-corrected chi connectivity index (χ1v) is 25.6. The van der Waals surface area contributed by atoms with E-state index in [1.54, 1.807) is 0 Å². The van der Waals surface area contributed by atoms with Gasteiger partial charge in [-0.25, -0.2) is 0 Å². The standard InChI is InChI=1S/C51H74O3Si2/c1-9-11-12-13-14-15-16-17-18-19-24-33-44(10-2)52-42-45(54-56(51(6,7)8,48-38-29-22-30-39-48)49-40-31-23-32-41-49)43-53-55(50(3,4)5,46-34-25-20-26-35-46)47-36-27-21-28-37-47/h10,20-23,25-32,34-41,44-45H,2,9,11-19,24,33,42-43H2,1,3-8H3. The summed E-state index contributed by atoms with van der Waals surface area (Å²) < 4.78 is 22.3. The Hall–Kier alpha value is -3.07. The average Bonchev–Trinajstić information content (AvgIpc) is 3.20. The summed E-state index contributed by atoms with van der Waals surface area (Å²) in [5.74, 6) is 0. The fourth-order valence-electron chi connectivity index (χ4n) is 8.55. The highest BCUT2D eigenvalue weighted by Gasteiger charge is 2.53. The third-order valence-electron chi connectivity index (χ3n) is 11.5. The van der Waals surface area contributed by atoms with Crippen LogP contribution < -0.4 is 20.7 Å². The van der Waals surface area contributed by atoms with E-state index < -0.39 is 16.6 Å². The van der Waals surface area contributed by atoms with Crippen molar-refractivity contribution in [1.82, 2.24) is 0 Å². The molecule has 0 radical (unpaired) electrons. The van der Waals surface area contributed by atoms with Crippen LogP contribution in [0.15, 0.2) is 134 Å². The van der Waals surface area contributed by atoms with E-state index in [1.165, 1.54) is 85.0 Å². The molecule has 2 atom stereocenters. The lowest BCUT2D eigenvalue weighted by atomic mass is 10.0. The van der Waals surface area contributed by atoms with Crippen molar-refractivity contribution in [3.8, 4) is 0 Å². The minimum atomic E-state index is -2.92. The van der Waals surface area contributed by atoms with Crippen molar-refractivity contribution in [1.29, 1.82) is 0 Å². The van der Waals surface area contributed by atoms with Crippen LogP contribution >= 0.6 is 0 Å². The highest BCUT2D eigenvalue weighted by molar-refractivity contribution is 7.00. The minimum Gasteiger partial charge on any atom is -0.405 e. The number of ether oxygens (including phenoxy) is 1. The minimum absolute atomic E-state index is 0.0355. The second-order valence-corrected chi connectivity index (χ2v) is 26.4. The molecule has 0 amide bonds. The normalized spacial score (nSPS) is 13.7. The van der Waals surface area contributed by atoms with Crippen molar-refractivity contribution >= 4 is 37.4 Å². The van der Waals surface area contributed by atoms with Gasteiger partial charge in [-0.15, -0.1) is 6.58 Å². The van der Waals surface area contributed by atoms with Gasteiger partial charge in [-0.3, -0.25) is 0 Å². The monoisotopic (exact) mass is 791 g/mol. The van der Waals surface area contributed by atoms with E-state index in [0.29, 0.717) is 13.2 Å². The van der Waals surface area contributed by atoms with Gasteiger partial charge < -0.3 is 13.6 Å². The predicted molar refractivity (Wildman–Crippen MR) is 247 cm³/mol. The van der Waals surface area contributed by atoms with Gasteiger partial charge in [0.1, 0.15) is 0 Å². The lowest BCUT2D eigenvalue weighted by molar-refractivity contribution is -0.00613. The van der Waals surface area contributed by atoms with E-state index >= 15 is 0 Å². The van der Waals surface area contributed by atoms with Crippen LogP contribution in [-0.2, 0) is 13.6 Å². The second-order valence-electron chi connectivity index (χ2n) is 17.8. The summed E-state index contributed by atoms with van der Waals surface area (Å²) in [4.78, 5) is 0. The number of benzene rings is 4. The van der Waals surface area contributed by atoms with E-state index in [0.717, 1.165) is 12.8 Å². The van der Waals surface area contributed by atoms with Gasteiger partial charge in [-0.2, -0.15) is 0 Å². The molecule has 0 spiro atoms. The number of hydrogen-bond acceptors (Lipinski definition) is 3. The summed E-state index contributed by atoms with van der Waals surface area (Å²) in [5.41, 5.74) is 0. The molecule has 0 aliphatic heterocycles. The van der Waals surface area contributed by atoms with Gasteiger partial charge in [0.2, 0.25) is 0 Å². The molecule has 5 heteroatoms. The molecule has 3 nitrogen and oxygen atoms in total. The van der Waals surface area contributed by atoms with Gasteiger partial charge >= 0.3 is 0 Å². The van der Waals surface area contributed by atoms with Crippen molar-refractivity contribution in [2.75, 3.05) is 13.2 Å². The highest BCUT2D eigenvalue weighted by atomic mass is 28.4. The smallest absolute Gasteiger partial charge is 0.261 e. The first-order chi connectivity index (χ1) is 27.0. The van der Waals surface area contributed by atoms with Gasteiger partial charge in [0.25, 0.3) is 16.6 Å². The molecule has 0 bridgehead atoms. The van der Waals surface area contributed by atoms with Gasteiger partial charge in [-0.05, 0) is 37.2 Å². The van der Waals surface area contributed by atoms with Crippen LogP contribution in [0.1, 0.15) is 126 Å². The Morgan fingerprint density at radius 1 is 0.500 bits per heavy atom. The molecular weight excluding hydrogens is 717 g/mol. The topological polar surface area (TPSA) is 27.7 Å². The first kappa shape index (κ1) is 45.6. The van der Waals surface area contributed by atoms with Crippen LogP contribution in [0.3, 0.4) is 0 Å². The molecule has 0 aliphatic carbocycles. The molecule has 56 heavy (non-hydrogen) atoms. The van der Waals surface area contributed by atoms with Gasteiger partial charge in [0.05, 0.1) is 25.4 Å². The van der Waals surface area contributed by atoms with Crippen molar-refractivity contribution in [3.05, 3.63) is 134 Å². The average molecular weight is 791 g/mol. The SMILES string of the molecule is C=CC(CCCCCCCCCCCCC)OCC(CO[Si](c1ccccc1)(c1ccccc1)C(C)(C)C)O[Si](c1ccccc1)(c1ccccc1)C(C)(C)C. The molecule has 4 aromatic rings. The summed E-state index contributed by atoms with van der Waals surface area (Å²) in [6.45, 7) is 21.4. The zero-order chi connectivity index (χ0) is 40.3. The van der Waals surface area contributed by atoms with Crippen molar-refractivity contribution in [2.24, 2.45) is 0 Å². The molecule has 4 rings (SSSR count). The molecule has 0 saturated heterocycles. The second kappa shape index (κ2) is 22.8. The molecule has 304 valence electrons. The Balaban J connectivity index is 1.63. The number of unbranched alkanes of at least 4 members (excludes halogenated alkanes) is 10. The third-order valence-corrected chi connectivity index (χ3v) is 21.6. The Bertz CT molecular complexity index is 1550. The Morgan fingerprint density at radius 2 is 0.857 bits per heavy atom. The fraction of sp³-hybridized carbons (Fsp3) is 0.490. The molecule has 0 aromatic heterocycles. The summed E-state index contributed by atoms with van der Waals surface area (Å²) >= 11 is 0. The zero-order valence-electron chi connectivity index (χ0n) is 36.1. The Morgan fingerprint density at radius 3 is 1.21 bits per heavy atom. The number of rotatable bonds is 25. The van der Waals surface area contributed by atoms with E-state index in [9.17, 15) is 0 Å². The third kappa shape index (κ3) is 12.2. The summed E-state index contributed by atoms with van der Waals surface area (Å²) in [7, 11) is -5.77. The maximum atomic E-state index is 7.84. The van der Waals surface area contributed by atoms with Crippen LogP contribution in [0.5, 0.6) is 0 Å². The van der Waals surface area contributed by atoms with Crippen molar-refractivity contribution in [3.63, 3.8) is 0 Å². The zero-order valence-corrected chi connectivity index (χ0v) is 38.1. The fourth-order valence-corrected chi connectivity index (χ4v) is 17.8. The summed E-state index contributed by atoms with van der Waals surface area (Å²) in [6.07, 6.45) is 17.3. The van der Waals surface area contributed by atoms with E-state index in [4.69, 9.17) is 13.6 Å². The van der Waals surface area contributed by atoms with Gasteiger partial charge in [-0.1, -0.05) is 246 Å². The molecular formula is C51H74O3Si2. The first-order valence-electron chi connectivity index (χ1n) is 21.8. The Labute approximate surface area is 344 Å². The Kier molecular flexibility index (Phi) is 18.5. The maximum Gasteiger partial charge on any atom is 0.261 e. The van der Waals surface area contributed by atoms with Gasteiger partial charge in [0, 0.05) is 0 Å². The van der Waals surface area contributed by atoms with Crippen LogP contribution in [0.25, 0.3) is 0 Å². The summed E-state index contributed by atoms with van der Waals surface area (Å²) in [6, 6.07) is 43.8. The molecule has 0 aliphatic rings. The van der Waals surface area contributed by atoms with Crippen LogP contribution in [-0.4, -0.2) is 42.1 Å². The lowest BCUT2D eigenvalue weighted by Crippen LogP contribution is -2.70. The maximum absolute atomic E-state index is 7.84. The molecule has 0 saturated carbocycles. The van der Waals surface area contributed by atoms with Gasteiger partial charge in [0.15, 0.2) is 0 Å². The molecule has 0 N–H and O–H groups in total. The molecule has 2 unspecified atom stereocenters. The van der Waals surface area contributed by atoms with Crippen LogP contribution in [0, 0.1) is 0 Å². The highest BCUT2D eigenvalue weighted by Crippen LogP contribution is 2.39. The molecule has 4 aromatic carbocycles. The predicted octanol–water partition coefficient (Wildman–Crippen LogP) is 11.8. The van der Waals surface area contributed by atoms with Crippen molar-refractivity contribution in [2.45, 2.75) is 148 Å². The molecule has 0 heterocycles.